The van der Waals surface area contributed by atoms with Gasteiger partial charge in [-0.05, 0) is 47.3 Å². The summed E-state index contributed by atoms with van der Waals surface area (Å²) in [5.74, 6) is -0.513. The molecule has 5 heteroatoms. The van der Waals surface area contributed by atoms with Crippen molar-refractivity contribution < 1.29 is 9.59 Å². The van der Waals surface area contributed by atoms with Crippen molar-refractivity contribution >= 4 is 27.7 Å². The van der Waals surface area contributed by atoms with Crippen molar-refractivity contribution in [3.63, 3.8) is 0 Å². The molecule has 2 N–H and O–H groups in total. The van der Waals surface area contributed by atoms with Gasteiger partial charge in [0.15, 0.2) is 0 Å². The normalized spacial score (nSPS) is 17.8. The quantitative estimate of drug-likeness (QED) is 0.649. The molecule has 0 aromatic heterocycles. The molecule has 1 atom stereocenters. The maximum absolute atomic E-state index is 11.9. The van der Waals surface area contributed by atoms with Gasteiger partial charge in [0.25, 0.3) is 5.91 Å². The number of hydrogen-bond acceptors (Lipinski definition) is 2. The Balaban J connectivity index is 1.88. The lowest BCUT2D eigenvalue weighted by atomic mass is 9.94. The highest BCUT2D eigenvalue weighted by Crippen LogP contribution is 2.18. The first-order valence-corrected chi connectivity index (χ1v) is 6.97. The first-order valence-electron chi connectivity index (χ1n) is 6.18. The molecule has 0 heterocycles. The van der Waals surface area contributed by atoms with E-state index >= 15 is 0 Å². The number of hydrazine groups is 1. The summed E-state index contributed by atoms with van der Waals surface area (Å²) in [5, 5.41) is 0. The molecular formula is C14H15BrN2O2. The third-order valence-electron chi connectivity index (χ3n) is 3.06. The Morgan fingerprint density at radius 1 is 1.16 bits per heavy atom. The summed E-state index contributed by atoms with van der Waals surface area (Å²) in [6, 6.07) is 7.07. The summed E-state index contributed by atoms with van der Waals surface area (Å²) in [6.45, 7) is 0. The molecule has 100 valence electrons. The van der Waals surface area contributed by atoms with Gasteiger partial charge in [0.05, 0.1) is 5.56 Å². The molecule has 0 bridgehead atoms. The molecular weight excluding hydrogens is 308 g/mol. The van der Waals surface area contributed by atoms with Crippen molar-refractivity contribution in [2.75, 3.05) is 0 Å². The van der Waals surface area contributed by atoms with E-state index in [9.17, 15) is 9.59 Å². The summed E-state index contributed by atoms with van der Waals surface area (Å²) in [7, 11) is 0. The van der Waals surface area contributed by atoms with E-state index in [1.165, 1.54) is 0 Å². The van der Waals surface area contributed by atoms with Crippen molar-refractivity contribution in [1.29, 1.82) is 0 Å². The van der Waals surface area contributed by atoms with Crippen molar-refractivity contribution in [2.24, 2.45) is 5.92 Å². The number of carbonyl (C=O) groups is 2. The summed E-state index contributed by atoms with van der Waals surface area (Å²) in [6.07, 6.45) is 6.55. The van der Waals surface area contributed by atoms with E-state index < -0.39 is 0 Å². The lowest BCUT2D eigenvalue weighted by Crippen LogP contribution is -2.44. The van der Waals surface area contributed by atoms with Gasteiger partial charge in [-0.1, -0.05) is 24.3 Å². The van der Waals surface area contributed by atoms with Gasteiger partial charge in [-0.15, -0.1) is 0 Å². The molecule has 2 rings (SSSR count). The van der Waals surface area contributed by atoms with E-state index in [2.05, 4.69) is 32.9 Å². The van der Waals surface area contributed by atoms with Crippen LogP contribution in [0.15, 0.2) is 40.9 Å². The molecule has 0 saturated carbocycles. The monoisotopic (exact) mass is 322 g/mol. The standard InChI is InChI=1S/C14H15BrN2O2/c15-12-9-5-4-8-11(12)14(19)17-16-13(18)10-6-2-1-3-7-10/h1-2,4-5,8-10H,3,6-7H2,(H,16,18)(H,17,19)/t10-/m1/s1. The van der Waals surface area contributed by atoms with E-state index in [1.807, 2.05) is 12.1 Å². The average Bonchev–Trinajstić information content (AvgIpc) is 2.46. The largest absolute Gasteiger partial charge is 0.273 e. The van der Waals surface area contributed by atoms with Gasteiger partial charge in [0, 0.05) is 10.4 Å². The van der Waals surface area contributed by atoms with Gasteiger partial charge in [0.1, 0.15) is 0 Å². The summed E-state index contributed by atoms with van der Waals surface area (Å²) >= 11 is 3.30. The smallest absolute Gasteiger partial charge is 0.270 e. The number of halogens is 1. The zero-order valence-electron chi connectivity index (χ0n) is 10.4. The maximum atomic E-state index is 11.9. The van der Waals surface area contributed by atoms with Gasteiger partial charge in [0.2, 0.25) is 5.91 Å². The number of nitrogens with one attached hydrogen (secondary N) is 2. The number of amides is 2. The van der Waals surface area contributed by atoms with Gasteiger partial charge in [-0.2, -0.15) is 0 Å². The van der Waals surface area contributed by atoms with Crippen LogP contribution >= 0.6 is 15.9 Å². The van der Waals surface area contributed by atoms with Crippen molar-refractivity contribution in [1.82, 2.24) is 10.9 Å². The van der Waals surface area contributed by atoms with Crippen molar-refractivity contribution in [2.45, 2.75) is 19.3 Å². The Hall–Kier alpha value is -1.62. The molecule has 1 aromatic carbocycles. The lowest BCUT2D eigenvalue weighted by Gasteiger charge is -2.17. The van der Waals surface area contributed by atoms with Gasteiger partial charge >= 0.3 is 0 Å². The van der Waals surface area contributed by atoms with Crippen LogP contribution in [0.3, 0.4) is 0 Å². The zero-order valence-corrected chi connectivity index (χ0v) is 11.9. The Bertz CT molecular complexity index is 514. The minimum Gasteiger partial charge on any atom is -0.273 e. The van der Waals surface area contributed by atoms with E-state index in [0.29, 0.717) is 10.0 Å². The van der Waals surface area contributed by atoms with Crippen LogP contribution in [0.2, 0.25) is 0 Å². The molecule has 0 fully saturated rings. The van der Waals surface area contributed by atoms with Crippen LogP contribution < -0.4 is 10.9 Å². The molecule has 0 aliphatic heterocycles. The minimum atomic E-state index is -0.327. The van der Waals surface area contributed by atoms with E-state index in [4.69, 9.17) is 0 Å². The Labute approximate surface area is 120 Å². The molecule has 0 spiro atoms. The summed E-state index contributed by atoms with van der Waals surface area (Å²) in [4.78, 5) is 23.7. The second-order valence-corrected chi connectivity index (χ2v) is 5.26. The molecule has 1 aliphatic rings. The highest BCUT2D eigenvalue weighted by molar-refractivity contribution is 9.10. The first-order chi connectivity index (χ1) is 9.18. The Morgan fingerprint density at radius 3 is 2.63 bits per heavy atom. The number of carbonyl (C=O) groups excluding carboxylic acids is 2. The maximum Gasteiger partial charge on any atom is 0.270 e. The topological polar surface area (TPSA) is 58.2 Å². The predicted molar refractivity (Wildman–Crippen MR) is 76.2 cm³/mol. The van der Waals surface area contributed by atoms with Crippen LogP contribution in [0.25, 0.3) is 0 Å². The third-order valence-corrected chi connectivity index (χ3v) is 3.75. The average molecular weight is 323 g/mol. The second-order valence-electron chi connectivity index (χ2n) is 4.40. The molecule has 19 heavy (non-hydrogen) atoms. The van der Waals surface area contributed by atoms with Crippen LogP contribution in [0, 0.1) is 5.92 Å². The first kappa shape index (κ1) is 13.8. The van der Waals surface area contributed by atoms with Gasteiger partial charge in [-0.25, -0.2) is 0 Å². The molecule has 1 aliphatic carbocycles. The molecule has 2 amide bonds. The van der Waals surface area contributed by atoms with Crippen molar-refractivity contribution in [3.05, 3.63) is 46.5 Å². The van der Waals surface area contributed by atoms with Crippen LogP contribution in [-0.2, 0) is 4.79 Å². The van der Waals surface area contributed by atoms with Crippen LogP contribution in [0.5, 0.6) is 0 Å². The summed E-state index contributed by atoms with van der Waals surface area (Å²) < 4.78 is 0.697. The molecule has 4 nitrogen and oxygen atoms in total. The Morgan fingerprint density at radius 2 is 1.95 bits per heavy atom. The Kier molecular flexibility index (Phi) is 4.74. The zero-order chi connectivity index (χ0) is 13.7. The number of hydrogen-bond donors (Lipinski definition) is 2. The third kappa shape index (κ3) is 3.67. The number of allylic oxidation sites excluding steroid dienone is 2. The fourth-order valence-corrected chi connectivity index (χ4v) is 2.43. The number of rotatable bonds is 2. The van der Waals surface area contributed by atoms with Crippen LogP contribution in [0.1, 0.15) is 29.6 Å². The van der Waals surface area contributed by atoms with E-state index in [1.54, 1.807) is 18.2 Å². The molecule has 0 unspecified atom stereocenters. The van der Waals surface area contributed by atoms with Gasteiger partial charge < -0.3 is 0 Å². The van der Waals surface area contributed by atoms with E-state index in [-0.39, 0.29) is 17.7 Å². The molecule has 0 saturated heterocycles. The van der Waals surface area contributed by atoms with Crippen molar-refractivity contribution in [3.8, 4) is 0 Å². The highest BCUT2D eigenvalue weighted by atomic mass is 79.9. The number of benzene rings is 1. The summed E-state index contributed by atoms with van der Waals surface area (Å²) in [5.41, 5.74) is 5.42. The second kappa shape index (κ2) is 6.52. The molecule has 0 radical (unpaired) electrons. The highest BCUT2D eigenvalue weighted by Gasteiger charge is 2.19. The molecule has 1 aromatic rings. The lowest BCUT2D eigenvalue weighted by molar-refractivity contribution is -0.126. The predicted octanol–water partition coefficient (Wildman–Crippen LogP) is 2.57. The van der Waals surface area contributed by atoms with Gasteiger partial charge in [-0.3, -0.25) is 20.4 Å². The van der Waals surface area contributed by atoms with Crippen LogP contribution in [-0.4, -0.2) is 11.8 Å². The SMILES string of the molecule is O=C(NNC(=O)[C@@H]1CC=CCC1)c1ccccc1Br. The fourth-order valence-electron chi connectivity index (χ4n) is 1.96. The minimum absolute atomic E-state index is 0.0514. The van der Waals surface area contributed by atoms with E-state index in [0.717, 1.165) is 19.3 Å². The fraction of sp³-hybridized carbons (Fsp3) is 0.286. The van der Waals surface area contributed by atoms with Crippen LogP contribution in [0.4, 0.5) is 0 Å².